The number of aliphatic hydroxyl groups excluding tert-OH is 1. The Kier molecular flexibility index (Phi) is 4.79. The van der Waals surface area contributed by atoms with Gasteiger partial charge in [0, 0.05) is 24.4 Å². The Hall–Kier alpha value is -1.55. The maximum atomic E-state index is 11.7. The summed E-state index contributed by atoms with van der Waals surface area (Å²) in [5.41, 5.74) is 6.77. The van der Waals surface area contributed by atoms with Gasteiger partial charge in [-0.15, -0.1) is 0 Å². The molecule has 1 aromatic rings. The first kappa shape index (κ1) is 12.5. The molecule has 4 nitrogen and oxygen atoms in total. The highest BCUT2D eigenvalue weighted by molar-refractivity contribution is 5.94. The topological polar surface area (TPSA) is 75.3 Å². The summed E-state index contributed by atoms with van der Waals surface area (Å²) in [4.78, 5) is 11.7. The second-order valence-electron chi connectivity index (χ2n) is 3.95. The average molecular weight is 222 g/mol. The number of nitrogens with one attached hydrogen (secondary N) is 1. The smallest absolute Gasteiger partial charge is 0.251 e. The third-order valence-electron chi connectivity index (χ3n) is 2.41. The molecule has 0 aliphatic carbocycles. The molecule has 1 atom stereocenters. The number of carbonyl (C=O) groups excluding carboxylic acids is 1. The van der Waals surface area contributed by atoms with Crippen molar-refractivity contribution < 1.29 is 9.90 Å². The van der Waals surface area contributed by atoms with Gasteiger partial charge < -0.3 is 16.2 Å². The molecule has 88 valence electrons. The van der Waals surface area contributed by atoms with Gasteiger partial charge in [-0.3, -0.25) is 4.79 Å². The molecule has 1 unspecified atom stereocenters. The molecule has 0 bridgehead atoms. The van der Waals surface area contributed by atoms with E-state index < -0.39 is 0 Å². The van der Waals surface area contributed by atoms with E-state index in [1.54, 1.807) is 24.3 Å². The van der Waals surface area contributed by atoms with E-state index >= 15 is 0 Å². The number of carbonyl (C=O) groups is 1. The van der Waals surface area contributed by atoms with Crippen LogP contribution in [0.25, 0.3) is 0 Å². The second kappa shape index (κ2) is 6.12. The zero-order valence-electron chi connectivity index (χ0n) is 9.44. The van der Waals surface area contributed by atoms with E-state index in [2.05, 4.69) is 5.32 Å². The minimum atomic E-state index is -0.107. The zero-order chi connectivity index (χ0) is 12.0. The average Bonchev–Trinajstić information content (AvgIpc) is 2.27. The van der Waals surface area contributed by atoms with E-state index in [0.717, 1.165) is 0 Å². The van der Waals surface area contributed by atoms with Crippen molar-refractivity contribution in [3.05, 3.63) is 29.8 Å². The normalized spacial score (nSPS) is 12.1. The molecule has 0 aromatic heterocycles. The van der Waals surface area contributed by atoms with Crippen molar-refractivity contribution in [2.75, 3.05) is 18.9 Å². The van der Waals surface area contributed by atoms with Crippen LogP contribution >= 0.6 is 0 Å². The van der Waals surface area contributed by atoms with Crippen molar-refractivity contribution in [2.45, 2.75) is 13.3 Å². The quantitative estimate of drug-likeness (QED) is 0.651. The predicted octanol–water partition coefficient (Wildman–Crippen LogP) is 1.02. The maximum Gasteiger partial charge on any atom is 0.251 e. The third kappa shape index (κ3) is 3.90. The molecular formula is C12H18N2O2. The molecule has 0 fully saturated rings. The molecule has 0 aliphatic rings. The number of rotatable bonds is 5. The molecule has 1 rings (SSSR count). The fourth-order valence-electron chi connectivity index (χ4n) is 1.33. The van der Waals surface area contributed by atoms with Gasteiger partial charge in [-0.25, -0.2) is 0 Å². The number of anilines is 1. The summed E-state index contributed by atoms with van der Waals surface area (Å²) in [6, 6.07) is 6.79. The van der Waals surface area contributed by atoms with Gasteiger partial charge >= 0.3 is 0 Å². The molecule has 0 radical (unpaired) electrons. The zero-order valence-corrected chi connectivity index (χ0v) is 9.44. The van der Waals surface area contributed by atoms with Crippen molar-refractivity contribution in [1.82, 2.24) is 5.32 Å². The van der Waals surface area contributed by atoms with Gasteiger partial charge in [-0.2, -0.15) is 0 Å². The first-order valence-corrected chi connectivity index (χ1v) is 5.38. The molecule has 0 aliphatic heterocycles. The third-order valence-corrected chi connectivity index (χ3v) is 2.41. The van der Waals surface area contributed by atoms with Crippen LogP contribution in [0.3, 0.4) is 0 Å². The predicted molar refractivity (Wildman–Crippen MR) is 64.1 cm³/mol. The highest BCUT2D eigenvalue weighted by Crippen LogP contribution is 2.05. The number of hydrogen-bond donors (Lipinski definition) is 3. The fraction of sp³-hybridized carbons (Fsp3) is 0.417. The highest BCUT2D eigenvalue weighted by Gasteiger charge is 2.07. The van der Waals surface area contributed by atoms with Crippen molar-refractivity contribution in [2.24, 2.45) is 5.92 Å². The maximum absolute atomic E-state index is 11.7. The fourth-order valence-corrected chi connectivity index (χ4v) is 1.33. The number of aliphatic hydroxyl groups is 1. The molecular weight excluding hydrogens is 204 g/mol. The summed E-state index contributed by atoms with van der Waals surface area (Å²) < 4.78 is 0. The second-order valence-corrected chi connectivity index (χ2v) is 3.95. The highest BCUT2D eigenvalue weighted by atomic mass is 16.3. The Labute approximate surface area is 95.5 Å². The number of nitrogen functional groups attached to an aromatic ring is 1. The van der Waals surface area contributed by atoms with Crippen molar-refractivity contribution in [1.29, 1.82) is 0 Å². The minimum absolute atomic E-state index is 0.107. The lowest BCUT2D eigenvalue weighted by Gasteiger charge is -2.11. The largest absolute Gasteiger partial charge is 0.399 e. The lowest BCUT2D eigenvalue weighted by molar-refractivity contribution is 0.0945. The van der Waals surface area contributed by atoms with E-state index in [1.165, 1.54) is 0 Å². The molecule has 0 heterocycles. The molecule has 1 amide bonds. The summed E-state index contributed by atoms with van der Waals surface area (Å²) >= 11 is 0. The van der Waals surface area contributed by atoms with Crippen LogP contribution in [0.2, 0.25) is 0 Å². The Morgan fingerprint density at radius 2 is 2.06 bits per heavy atom. The Morgan fingerprint density at radius 1 is 1.44 bits per heavy atom. The standard InChI is InChI=1S/C12H18N2O2/c1-9(6-7-15)8-14-12(16)10-2-4-11(13)5-3-10/h2-5,9,15H,6-8,13H2,1H3,(H,14,16). The number of hydrogen-bond acceptors (Lipinski definition) is 3. The van der Waals surface area contributed by atoms with E-state index in [9.17, 15) is 4.79 Å². The summed E-state index contributed by atoms with van der Waals surface area (Å²) in [6.07, 6.45) is 0.696. The van der Waals surface area contributed by atoms with E-state index in [1.807, 2.05) is 6.92 Å². The molecule has 4 heteroatoms. The Balaban J connectivity index is 2.43. The minimum Gasteiger partial charge on any atom is -0.399 e. The van der Waals surface area contributed by atoms with Gasteiger partial charge in [0.05, 0.1) is 0 Å². The SMILES string of the molecule is CC(CCO)CNC(=O)c1ccc(N)cc1. The molecule has 16 heavy (non-hydrogen) atoms. The molecule has 4 N–H and O–H groups in total. The summed E-state index contributed by atoms with van der Waals surface area (Å²) in [5, 5.41) is 11.5. The van der Waals surface area contributed by atoms with E-state index in [-0.39, 0.29) is 18.4 Å². The van der Waals surface area contributed by atoms with Crippen molar-refractivity contribution in [3.63, 3.8) is 0 Å². The van der Waals surface area contributed by atoms with Gasteiger partial charge in [0.1, 0.15) is 0 Å². The van der Waals surface area contributed by atoms with Gasteiger partial charge in [0.25, 0.3) is 5.91 Å². The van der Waals surface area contributed by atoms with Crippen LogP contribution in [-0.4, -0.2) is 24.2 Å². The lowest BCUT2D eigenvalue weighted by atomic mass is 10.1. The van der Waals surface area contributed by atoms with Gasteiger partial charge in [0.2, 0.25) is 0 Å². The monoisotopic (exact) mass is 222 g/mol. The summed E-state index contributed by atoms with van der Waals surface area (Å²) in [7, 11) is 0. The molecule has 0 spiro atoms. The van der Waals surface area contributed by atoms with Crippen molar-refractivity contribution >= 4 is 11.6 Å². The van der Waals surface area contributed by atoms with Crippen LogP contribution < -0.4 is 11.1 Å². The Bertz CT molecular complexity index is 335. The first-order chi connectivity index (χ1) is 7.63. The number of nitrogens with two attached hydrogens (primary N) is 1. The van der Waals surface area contributed by atoms with Crippen LogP contribution in [0, 0.1) is 5.92 Å². The lowest BCUT2D eigenvalue weighted by Crippen LogP contribution is -2.28. The van der Waals surface area contributed by atoms with Crippen LogP contribution in [0.4, 0.5) is 5.69 Å². The Morgan fingerprint density at radius 3 is 2.62 bits per heavy atom. The van der Waals surface area contributed by atoms with Crippen LogP contribution in [0.15, 0.2) is 24.3 Å². The number of benzene rings is 1. The molecule has 0 saturated carbocycles. The summed E-state index contributed by atoms with van der Waals surface area (Å²) in [6.45, 7) is 2.71. The van der Waals surface area contributed by atoms with Crippen LogP contribution in [0.1, 0.15) is 23.7 Å². The molecule has 1 aromatic carbocycles. The van der Waals surface area contributed by atoms with E-state index in [4.69, 9.17) is 10.8 Å². The number of amides is 1. The first-order valence-electron chi connectivity index (χ1n) is 5.38. The van der Waals surface area contributed by atoms with Gasteiger partial charge in [-0.1, -0.05) is 6.92 Å². The van der Waals surface area contributed by atoms with Crippen LogP contribution in [-0.2, 0) is 0 Å². The van der Waals surface area contributed by atoms with Gasteiger partial charge in [-0.05, 0) is 36.6 Å². The summed E-state index contributed by atoms with van der Waals surface area (Å²) in [5.74, 6) is 0.174. The molecule has 0 saturated heterocycles. The van der Waals surface area contributed by atoms with E-state index in [0.29, 0.717) is 24.2 Å². The van der Waals surface area contributed by atoms with Gasteiger partial charge in [0.15, 0.2) is 0 Å². The van der Waals surface area contributed by atoms with Crippen molar-refractivity contribution in [3.8, 4) is 0 Å². The van der Waals surface area contributed by atoms with Crippen LogP contribution in [0.5, 0.6) is 0 Å².